The van der Waals surface area contributed by atoms with E-state index in [4.69, 9.17) is 5.73 Å². The van der Waals surface area contributed by atoms with E-state index in [1.165, 1.54) is 32.1 Å². The van der Waals surface area contributed by atoms with Gasteiger partial charge in [0.2, 0.25) is 0 Å². The number of nitrogens with zero attached hydrogens (tertiary/aromatic N) is 3. The van der Waals surface area contributed by atoms with Crippen LogP contribution in [0.3, 0.4) is 0 Å². The van der Waals surface area contributed by atoms with Crippen molar-refractivity contribution >= 4 is 11.6 Å². The third-order valence-corrected chi connectivity index (χ3v) is 4.52. The Morgan fingerprint density at radius 1 is 1.28 bits per heavy atom. The molecule has 2 aliphatic rings. The Labute approximate surface area is 109 Å². The Morgan fingerprint density at radius 3 is 2.78 bits per heavy atom. The second kappa shape index (κ2) is 4.41. The van der Waals surface area contributed by atoms with E-state index in [-0.39, 0.29) is 0 Å². The lowest BCUT2D eigenvalue weighted by Crippen LogP contribution is -2.26. The normalized spacial score (nSPS) is 21.9. The minimum absolute atomic E-state index is 0.575. The van der Waals surface area contributed by atoms with Crippen molar-refractivity contribution < 1.29 is 0 Å². The third kappa shape index (κ3) is 2.04. The lowest BCUT2D eigenvalue weighted by Gasteiger charge is -2.24. The van der Waals surface area contributed by atoms with Crippen molar-refractivity contribution in [1.29, 1.82) is 0 Å². The van der Waals surface area contributed by atoms with E-state index in [0.717, 1.165) is 31.2 Å². The predicted molar refractivity (Wildman–Crippen MR) is 73.6 cm³/mol. The van der Waals surface area contributed by atoms with Gasteiger partial charge in [-0.05, 0) is 24.7 Å². The maximum absolute atomic E-state index is 5.87. The molecule has 0 bridgehead atoms. The van der Waals surface area contributed by atoms with E-state index < -0.39 is 0 Å². The Bertz CT molecular complexity index is 437. The molecule has 3 rings (SSSR count). The molecule has 0 aromatic carbocycles. The van der Waals surface area contributed by atoms with Crippen molar-refractivity contribution in [3.05, 3.63) is 11.9 Å². The fourth-order valence-electron chi connectivity index (χ4n) is 3.49. The molecule has 4 heteroatoms. The van der Waals surface area contributed by atoms with Gasteiger partial charge < -0.3 is 10.6 Å². The fourth-order valence-corrected chi connectivity index (χ4v) is 3.49. The van der Waals surface area contributed by atoms with Gasteiger partial charge in [-0.3, -0.25) is 0 Å². The molecule has 1 aliphatic heterocycles. The summed E-state index contributed by atoms with van der Waals surface area (Å²) in [6.45, 7) is 4.35. The number of anilines is 2. The second-order valence-electron chi connectivity index (χ2n) is 5.80. The summed E-state index contributed by atoms with van der Waals surface area (Å²) >= 11 is 0. The van der Waals surface area contributed by atoms with E-state index >= 15 is 0 Å². The van der Waals surface area contributed by atoms with Gasteiger partial charge in [-0.2, -0.15) is 0 Å². The Balaban J connectivity index is 1.81. The number of nitrogens with two attached hydrogens (primary N) is 1. The predicted octanol–water partition coefficient (Wildman–Crippen LogP) is 2.39. The Hall–Kier alpha value is -1.32. The number of hydrogen-bond acceptors (Lipinski definition) is 4. The summed E-state index contributed by atoms with van der Waals surface area (Å²) in [5, 5.41) is 0. The van der Waals surface area contributed by atoms with Crippen molar-refractivity contribution in [2.45, 2.75) is 45.4 Å². The molecular formula is C14H22N4. The van der Waals surface area contributed by atoms with Gasteiger partial charge in [0.1, 0.15) is 17.5 Å². The first-order valence-electron chi connectivity index (χ1n) is 7.09. The highest BCUT2D eigenvalue weighted by Gasteiger charge is 2.40. The number of nitrogen functional groups attached to an aromatic ring is 1. The average Bonchev–Trinajstić information content (AvgIpc) is 3.00. The summed E-state index contributed by atoms with van der Waals surface area (Å²) in [6.07, 6.45) is 7.75. The van der Waals surface area contributed by atoms with E-state index in [0.29, 0.717) is 11.2 Å². The van der Waals surface area contributed by atoms with Crippen LogP contribution in [0.5, 0.6) is 0 Å². The lowest BCUT2D eigenvalue weighted by atomic mass is 9.86. The Morgan fingerprint density at radius 2 is 2.06 bits per heavy atom. The Kier molecular flexibility index (Phi) is 2.88. The van der Waals surface area contributed by atoms with E-state index in [2.05, 4.69) is 21.8 Å². The SMILES string of the molecule is CCc1nc(N)cc(N2CCC3(CCCC3)C2)n1. The molecule has 1 aromatic heterocycles. The van der Waals surface area contributed by atoms with Crippen LogP contribution in [0.2, 0.25) is 0 Å². The molecule has 2 fully saturated rings. The van der Waals surface area contributed by atoms with Crippen LogP contribution in [0.4, 0.5) is 11.6 Å². The first kappa shape index (κ1) is 11.8. The van der Waals surface area contributed by atoms with Gasteiger partial charge in [0.15, 0.2) is 0 Å². The van der Waals surface area contributed by atoms with Crippen LogP contribution in [0, 0.1) is 5.41 Å². The first-order chi connectivity index (χ1) is 8.71. The molecule has 2 N–H and O–H groups in total. The van der Waals surface area contributed by atoms with Gasteiger partial charge in [-0.25, -0.2) is 9.97 Å². The molecule has 1 aliphatic carbocycles. The highest BCUT2D eigenvalue weighted by atomic mass is 15.2. The van der Waals surface area contributed by atoms with E-state index in [1.54, 1.807) is 0 Å². The fraction of sp³-hybridized carbons (Fsp3) is 0.714. The van der Waals surface area contributed by atoms with Crippen molar-refractivity contribution in [2.24, 2.45) is 5.41 Å². The summed E-state index contributed by atoms with van der Waals surface area (Å²) in [4.78, 5) is 11.3. The van der Waals surface area contributed by atoms with Gasteiger partial charge in [0.05, 0.1) is 0 Å². The zero-order valence-electron chi connectivity index (χ0n) is 11.2. The number of aromatic nitrogens is 2. The molecule has 1 aromatic rings. The summed E-state index contributed by atoms with van der Waals surface area (Å²) in [7, 11) is 0. The minimum atomic E-state index is 0.575. The van der Waals surface area contributed by atoms with Gasteiger partial charge in [0.25, 0.3) is 0 Å². The van der Waals surface area contributed by atoms with Gasteiger partial charge in [-0.1, -0.05) is 19.8 Å². The van der Waals surface area contributed by atoms with Crippen LogP contribution in [-0.4, -0.2) is 23.1 Å². The van der Waals surface area contributed by atoms with E-state index in [9.17, 15) is 0 Å². The van der Waals surface area contributed by atoms with Gasteiger partial charge >= 0.3 is 0 Å². The van der Waals surface area contributed by atoms with Crippen LogP contribution in [0.15, 0.2) is 6.07 Å². The average molecular weight is 246 g/mol. The summed E-state index contributed by atoms with van der Waals surface area (Å²) in [5.41, 5.74) is 6.45. The van der Waals surface area contributed by atoms with Crippen LogP contribution < -0.4 is 10.6 Å². The van der Waals surface area contributed by atoms with Crippen LogP contribution in [0.1, 0.15) is 44.9 Å². The van der Waals surface area contributed by atoms with Crippen LogP contribution >= 0.6 is 0 Å². The molecule has 0 unspecified atom stereocenters. The van der Waals surface area contributed by atoms with Gasteiger partial charge in [-0.15, -0.1) is 0 Å². The topological polar surface area (TPSA) is 55.0 Å². The monoisotopic (exact) mass is 246 g/mol. The zero-order chi connectivity index (χ0) is 12.6. The minimum Gasteiger partial charge on any atom is -0.384 e. The molecular weight excluding hydrogens is 224 g/mol. The maximum Gasteiger partial charge on any atom is 0.134 e. The van der Waals surface area contributed by atoms with Crippen molar-refractivity contribution in [3.8, 4) is 0 Å². The number of rotatable bonds is 2. The molecule has 18 heavy (non-hydrogen) atoms. The highest BCUT2D eigenvalue weighted by molar-refractivity contribution is 5.48. The van der Waals surface area contributed by atoms with Crippen LogP contribution in [0.25, 0.3) is 0 Å². The van der Waals surface area contributed by atoms with Gasteiger partial charge in [0, 0.05) is 25.6 Å². The molecule has 4 nitrogen and oxygen atoms in total. The molecule has 1 saturated heterocycles. The largest absolute Gasteiger partial charge is 0.384 e. The first-order valence-corrected chi connectivity index (χ1v) is 7.09. The molecule has 1 spiro atoms. The molecule has 0 atom stereocenters. The summed E-state index contributed by atoms with van der Waals surface area (Å²) in [6, 6.07) is 1.92. The second-order valence-corrected chi connectivity index (χ2v) is 5.80. The van der Waals surface area contributed by atoms with E-state index in [1.807, 2.05) is 6.07 Å². The van der Waals surface area contributed by atoms with Crippen molar-refractivity contribution in [2.75, 3.05) is 23.7 Å². The molecule has 2 heterocycles. The molecule has 1 saturated carbocycles. The molecule has 0 amide bonds. The zero-order valence-corrected chi connectivity index (χ0v) is 11.2. The quantitative estimate of drug-likeness (QED) is 0.870. The summed E-state index contributed by atoms with van der Waals surface area (Å²) < 4.78 is 0. The van der Waals surface area contributed by atoms with Crippen molar-refractivity contribution in [1.82, 2.24) is 9.97 Å². The maximum atomic E-state index is 5.87. The van der Waals surface area contributed by atoms with Crippen LogP contribution in [-0.2, 0) is 6.42 Å². The lowest BCUT2D eigenvalue weighted by molar-refractivity contribution is 0.340. The molecule has 0 radical (unpaired) electrons. The number of aryl methyl sites for hydroxylation is 1. The molecule has 98 valence electrons. The summed E-state index contributed by atoms with van der Waals surface area (Å²) in [5.74, 6) is 2.49. The number of hydrogen-bond donors (Lipinski definition) is 1. The van der Waals surface area contributed by atoms with Crippen molar-refractivity contribution in [3.63, 3.8) is 0 Å². The highest BCUT2D eigenvalue weighted by Crippen LogP contribution is 2.46. The third-order valence-electron chi connectivity index (χ3n) is 4.52. The standard InChI is InChI=1S/C14H22N4/c1-2-12-16-11(15)9-13(17-12)18-8-7-14(10-18)5-3-4-6-14/h9H,2-8,10H2,1H3,(H2,15,16,17). The smallest absolute Gasteiger partial charge is 0.134 e.